The molecule has 0 radical (unpaired) electrons. The lowest BCUT2D eigenvalue weighted by atomic mass is 9.82. The molecule has 2 aromatic rings. The molecule has 7 nitrogen and oxygen atoms in total. The number of nitrogens with zero attached hydrogens (tertiary/aromatic N) is 1. The topological polar surface area (TPSA) is 92.8 Å². The summed E-state index contributed by atoms with van der Waals surface area (Å²) in [5.74, 6) is -2.21. The van der Waals surface area contributed by atoms with Crippen LogP contribution < -0.4 is 10.2 Å². The Kier molecular flexibility index (Phi) is 5.70. The number of carbonyl (C=O) groups is 4. The van der Waals surface area contributed by atoms with E-state index in [1.165, 1.54) is 34.7 Å². The third kappa shape index (κ3) is 3.79. The quantitative estimate of drug-likeness (QED) is 0.372. The predicted octanol–water partition coefficient (Wildman–Crippen LogP) is 4.49. The number of imide groups is 1. The molecule has 34 heavy (non-hydrogen) atoms. The minimum Gasteiger partial charge on any atom is -0.452 e. The minimum atomic E-state index is -0.747. The number of nitrogens with one attached hydrogen (secondary N) is 1. The van der Waals surface area contributed by atoms with Crippen LogP contribution in [0.25, 0.3) is 0 Å². The van der Waals surface area contributed by atoms with Gasteiger partial charge >= 0.3 is 5.97 Å². The Balaban J connectivity index is 1.25. The second kappa shape index (κ2) is 8.56. The summed E-state index contributed by atoms with van der Waals surface area (Å²) in [5.41, 5.74) is 2.05. The number of carbonyl (C=O) groups excluding carboxylic acids is 4. The average Bonchev–Trinajstić information content (AvgIpc) is 3.45. The summed E-state index contributed by atoms with van der Waals surface area (Å²) in [6, 6.07) is 10.7. The lowest BCUT2D eigenvalue weighted by molar-refractivity contribution is -0.123. The summed E-state index contributed by atoms with van der Waals surface area (Å²) >= 11 is 11.8. The lowest BCUT2D eigenvalue weighted by Gasteiger charge is -2.19. The van der Waals surface area contributed by atoms with Gasteiger partial charge in [-0.1, -0.05) is 40.9 Å². The number of ether oxygens (including phenoxy) is 1. The molecule has 0 aromatic heterocycles. The van der Waals surface area contributed by atoms with Crippen molar-refractivity contribution in [3.63, 3.8) is 0 Å². The number of allylic oxidation sites excluding steroid dienone is 2. The maximum Gasteiger partial charge on any atom is 0.338 e. The molecule has 2 aliphatic carbocycles. The summed E-state index contributed by atoms with van der Waals surface area (Å²) in [6.07, 6.45) is 2.96. The highest BCUT2D eigenvalue weighted by molar-refractivity contribution is 6.42. The van der Waals surface area contributed by atoms with Gasteiger partial charge in [0.05, 0.1) is 33.1 Å². The smallest absolute Gasteiger partial charge is 0.338 e. The van der Waals surface area contributed by atoms with E-state index in [0.29, 0.717) is 16.4 Å². The van der Waals surface area contributed by atoms with Crippen molar-refractivity contribution >= 4 is 58.3 Å². The summed E-state index contributed by atoms with van der Waals surface area (Å²) in [7, 11) is 0. The Bertz CT molecular complexity index is 1270. The van der Waals surface area contributed by atoms with Crippen LogP contribution >= 0.6 is 23.2 Å². The fourth-order valence-electron chi connectivity index (χ4n) is 5.29. The van der Waals surface area contributed by atoms with Gasteiger partial charge in [0, 0.05) is 5.69 Å². The molecular formula is C25H20Cl2N2O5. The average molecular weight is 499 g/mol. The van der Waals surface area contributed by atoms with E-state index in [4.69, 9.17) is 27.9 Å². The molecule has 9 heteroatoms. The van der Waals surface area contributed by atoms with Crippen LogP contribution in [-0.2, 0) is 19.1 Å². The second-order valence-electron chi connectivity index (χ2n) is 8.78. The molecule has 2 aromatic carbocycles. The Morgan fingerprint density at radius 2 is 1.82 bits per heavy atom. The highest BCUT2D eigenvalue weighted by Crippen LogP contribution is 2.55. The minimum absolute atomic E-state index is 0.0960. The largest absolute Gasteiger partial charge is 0.452 e. The number of hydrogen-bond acceptors (Lipinski definition) is 5. The predicted molar refractivity (Wildman–Crippen MR) is 127 cm³/mol. The molecule has 4 atom stereocenters. The third-order valence-corrected chi connectivity index (χ3v) is 7.50. The van der Waals surface area contributed by atoms with Crippen LogP contribution in [0, 0.1) is 23.7 Å². The zero-order valence-electron chi connectivity index (χ0n) is 18.1. The van der Waals surface area contributed by atoms with Gasteiger partial charge in [-0.25, -0.2) is 9.69 Å². The van der Waals surface area contributed by atoms with Gasteiger partial charge in [0.15, 0.2) is 6.61 Å². The first-order chi connectivity index (χ1) is 16.2. The summed E-state index contributed by atoms with van der Waals surface area (Å²) in [5, 5.41) is 3.19. The van der Waals surface area contributed by atoms with Gasteiger partial charge in [-0.05, 0) is 61.6 Å². The maximum atomic E-state index is 13.1. The van der Waals surface area contributed by atoms with E-state index >= 15 is 0 Å². The first-order valence-electron chi connectivity index (χ1n) is 10.8. The van der Waals surface area contributed by atoms with Crippen molar-refractivity contribution in [3.8, 4) is 0 Å². The molecule has 1 saturated heterocycles. The van der Waals surface area contributed by atoms with E-state index in [1.54, 1.807) is 18.2 Å². The third-order valence-electron chi connectivity index (χ3n) is 6.76. The molecule has 174 valence electrons. The summed E-state index contributed by atoms with van der Waals surface area (Å²) in [6.45, 7) is 1.49. The standard InChI is InChI=1S/C25H20Cl2N2O5/c1-12-7-14-9-17(12)22-21(14)23(31)29(24(22)32)16-4-2-3-13(8-16)25(33)34-11-20(30)28-15-5-6-18(26)19(27)10-15/h2-8,10,14,17,21-22H,9,11H2,1H3,(H,28,30)/t14-,17+,21-,22-/m0/s1. The summed E-state index contributed by atoms with van der Waals surface area (Å²) in [4.78, 5) is 52.1. The molecule has 1 N–H and O–H groups in total. The van der Waals surface area contributed by atoms with Crippen molar-refractivity contribution in [1.29, 1.82) is 0 Å². The van der Waals surface area contributed by atoms with Gasteiger partial charge in [0.25, 0.3) is 5.91 Å². The molecule has 0 spiro atoms. The van der Waals surface area contributed by atoms with Crippen molar-refractivity contribution in [2.24, 2.45) is 23.7 Å². The molecule has 1 saturated carbocycles. The van der Waals surface area contributed by atoms with Crippen molar-refractivity contribution in [2.45, 2.75) is 13.3 Å². The number of amides is 3. The Morgan fingerprint density at radius 3 is 2.59 bits per heavy atom. The fourth-order valence-corrected chi connectivity index (χ4v) is 5.58. The molecule has 3 amide bonds. The Hall–Kier alpha value is -3.16. The van der Waals surface area contributed by atoms with Crippen LogP contribution in [0.1, 0.15) is 23.7 Å². The van der Waals surface area contributed by atoms with E-state index < -0.39 is 18.5 Å². The van der Waals surface area contributed by atoms with Crippen molar-refractivity contribution in [2.75, 3.05) is 16.8 Å². The van der Waals surface area contributed by atoms with Crippen molar-refractivity contribution < 1.29 is 23.9 Å². The van der Waals surface area contributed by atoms with E-state index in [9.17, 15) is 19.2 Å². The Morgan fingerprint density at radius 1 is 1.06 bits per heavy atom. The molecule has 2 bridgehead atoms. The number of benzene rings is 2. The van der Waals surface area contributed by atoms with Gasteiger partial charge in [0.2, 0.25) is 11.8 Å². The number of rotatable bonds is 5. The zero-order chi connectivity index (χ0) is 24.1. The van der Waals surface area contributed by atoms with E-state index in [2.05, 4.69) is 11.4 Å². The lowest BCUT2D eigenvalue weighted by Crippen LogP contribution is -2.33. The monoisotopic (exact) mass is 498 g/mol. The molecule has 1 aliphatic heterocycles. The van der Waals surface area contributed by atoms with Crippen molar-refractivity contribution in [3.05, 3.63) is 69.7 Å². The molecule has 0 unspecified atom stereocenters. The summed E-state index contributed by atoms with van der Waals surface area (Å²) < 4.78 is 5.11. The number of esters is 1. The van der Waals surface area contributed by atoms with Crippen molar-refractivity contribution in [1.82, 2.24) is 0 Å². The van der Waals surface area contributed by atoms with Gasteiger partial charge in [-0.2, -0.15) is 0 Å². The number of fused-ring (bicyclic) bond motifs is 5. The fraction of sp³-hybridized carbons (Fsp3) is 0.280. The first-order valence-corrected chi connectivity index (χ1v) is 11.6. The van der Waals surface area contributed by atoms with Crippen LogP contribution in [0.5, 0.6) is 0 Å². The maximum absolute atomic E-state index is 13.1. The first kappa shape index (κ1) is 22.6. The van der Waals surface area contributed by atoms with Crippen LogP contribution in [0.3, 0.4) is 0 Å². The van der Waals surface area contributed by atoms with Gasteiger partial charge in [-0.15, -0.1) is 0 Å². The number of hydrogen-bond donors (Lipinski definition) is 1. The van der Waals surface area contributed by atoms with Gasteiger partial charge in [-0.3, -0.25) is 14.4 Å². The van der Waals surface area contributed by atoms with E-state index in [0.717, 1.165) is 6.42 Å². The highest BCUT2D eigenvalue weighted by Gasteiger charge is 2.60. The Labute approximate surface area is 205 Å². The zero-order valence-corrected chi connectivity index (χ0v) is 19.6. The van der Waals surface area contributed by atoms with Gasteiger partial charge in [0.1, 0.15) is 0 Å². The normalized spacial score (nSPS) is 24.8. The van der Waals surface area contributed by atoms with E-state index in [-0.39, 0.29) is 46.1 Å². The number of halogens is 2. The van der Waals surface area contributed by atoms with Gasteiger partial charge < -0.3 is 10.1 Å². The van der Waals surface area contributed by atoms with Crippen LogP contribution in [-0.4, -0.2) is 30.3 Å². The molecule has 2 fully saturated rings. The van der Waals surface area contributed by atoms with Crippen LogP contribution in [0.15, 0.2) is 54.1 Å². The molecule has 3 aliphatic rings. The molecule has 5 rings (SSSR count). The highest BCUT2D eigenvalue weighted by atomic mass is 35.5. The second-order valence-corrected chi connectivity index (χ2v) is 9.60. The van der Waals surface area contributed by atoms with E-state index in [1.807, 2.05) is 6.92 Å². The SMILES string of the molecule is CC1=C[C@H]2C[C@H]1[C@@H]1C(=O)N(c3cccc(C(=O)OCC(=O)Nc4ccc(Cl)c(Cl)c4)c3)C(=O)[C@H]12. The van der Waals surface area contributed by atoms with Crippen LogP contribution in [0.4, 0.5) is 11.4 Å². The molecular weight excluding hydrogens is 479 g/mol. The molecule has 1 heterocycles. The number of anilines is 2. The van der Waals surface area contributed by atoms with Crippen LogP contribution in [0.2, 0.25) is 10.0 Å².